The minimum atomic E-state index is -0.713. The lowest BCUT2D eigenvalue weighted by Gasteiger charge is -2.13. The Morgan fingerprint density at radius 2 is 1.86 bits per heavy atom. The van der Waals surface area contributed by atoms with Gasteiger partial charge in [0.15, 0.2) is 0 Å². The van der Waals surface area contributed by atoms with Crippen LogP contribution in [0.4, 0.5) is 10.5 Å². The van der Waals surface area contributed by atoms with Gasteiger partial charge in [0.25, 0.3) is 5.91 Å². The van der Waals surface area contributed by atoms with Crippen LogP contribution >= 0.6 is 0 Å². The normalized spacial score (nSPS) is 15.8. The molecule has 0 saturated carbocycles. The van der Waals surface area contributed by atoms with Gasteiger partial charge in [-0.3, -0.25) is 14.5 Å². The molecule has 0 radical (unpaired) electrons. The van der Waals surface area contributed by atoms with Crippen molar-refractivity contribution >= 4 is 23.5 Å². The van der Waals surface area contributed by atoms with E-state index in [4.69, 9.17) is 9.47 Å². The van der Waals surface area contributed by atoms with Gasteiger partial charge in [-0.25, -0.2) is 4.79 Å². The number of methoxy groups -OCH3 is 2. The zero-order valence-electron chi connectivity index (χ0n) is 16.3. The minimum absolute atomic E-state index is 0.0745. The van der Waals surface area contributed by atoms with Gasteiger partial charge in [-0.2, -0.15) is 0 Å². The summed E-state index contributed by atoms with van der Waals surface area (Å²) in [6, 6.07) is 13.2. The second-order valence-corrected chi connectivity index (χ2v) is 6.57. The fourth-order valence-electron chi connectivity index (χ4n) is 3.08. The summed E-state index contributed by atoms with van der Waals surface area (Å²) >= 11 is 0. The fourth-order valence-corrected chi connectivity index (χ4v) is 3.08. The molecule has 8 nitrogen and oxygen atoms in total. The smallest absolute Gasteiger partial charge is 0.325 e. The van der Waals surface area contributed by atoms with Crippen molar-refractivity contribution in [3.05, 3.63) is 54.1 Å². The van der Waals surface area contributed by atoms with Crippen molar-refractivity contribution in [2.24, 2.45) is 0 Å². The third kappa shape index (κ3) is 4.84. The number of urea groups is 1. The van der Waals surface area contributed by atoms with Crippen LogP contribution in [0.25, 0.3) is 0 Å². The number of nitrogens with zero attached hydrogens (tertiary/aromatic N) is 1. The van der Waals surface area contributed by atoms with Crippen molar-refractivity contribution in [3.63, 3.8) is 0 Å². The maximum Gasteiger partial charge on any atom is 0.325 e. The second-order valence-electron chi connectivity index (χ2n) is 6.57. The van der Waals surface area contributed by atoms with Crippen molar-refractivity contribution < 1.29 is 23.9 Å². The number of hydrogen-bond donors (Lipinski definition) is 2. The summed E-state index contributed by atoms with van der Waals surface area (Å²) in [5, 5.41) is 5.40. The van der Waals surface area contributed by atoms with Crippen LogP contribution in [-0.2, 0) is 16.1 Å². The molecule has 1 unspecified atom stereocenters. The molecule has 1 aliphatic rings. The predicted octanol–water partition coefficient (Wildman–Crippen LogP) is 2.54. The van der Waals surface area contributed by atoms with Crippen LogP contribution in [0.5, 0.6) is 11.5 Å². The number of carbonyl (C=O) groups is 3. The highest BCUT2D eigenvalue weighted by molar-refractivity contribution is 6.04. The molecule has 2 aromatic carbocycles. The Balaban J connectivity index is 1.55. The molecule has 8 heteroatoms. The fraction of sp³-hybridized carbons (Fsp3) is 0.286. The first kappa shape index (κ1) is 20.2. The molecule has 0 aromatic heterocycles. The Morgan fingerprint density at radius 1 is 1.10 bits per heavy atom. The summed E-state index contributed by atoms with van der Waals surface area (Å²) in [4.78, 5) is 38.2. The highest BCUT2D eigenvalue weighted by Crippen LogP contribution is 2.29. The Labute approximate surface area is 168 Å². The molecule has 4 amide bonds. The molecule has 1 fully saturated rings. The van der Waals surface area contributed by atoms with Gasteiger partial charge < -0.3 is 20.1 Å². The highest BCUT2D eigenvalue weighted by Gasteiger charge is 2.37. The van der Waals surface area contributed by atoms with Crippen molar-refractivity contribution in [1.29, 1.82) is 0 Å². The summed E-state index contributed by atoms with van der Waals surface area (Å²) < 4.78 is 10.4. The molecule has 29 heavy (non-hydrogen) atoms. The van der Waals surface area contributed by atoms with Crippen LogP contribution in [0.2, 0.25) is 0 Å². The summed E-state index contributed by atoms with van der Waals surface area (Å²) in [5.41, 5.74) is 1.37. The maximum absolute atomic E-state index is 12.5. The maximum atomic E-state index is 12.5. The third-order valence-corrected chi connectivity index (χ3v) is 4.63. The Morgan fingerprint density at radius 3 is 2.55 bits per heavy atom. The van der Waals surface area contributed by atoms with E-state index in [0.717, 1.165) is 5.56 Å². The molecular weight excluding hydrogens is 374 g/mol. The molecular formula is C21H23N3O5. The average Bonchev–Trinajstić information content (AvgIpc) is 3.01. The Bertz CT molecular complexity index is 900. The van der Waals surface area contributed by atoms with Crippen LogP contribution in [0.3, 0.4) is 0 Å². The van der Waals surface area contributed by atoms with E-state index in [1.807, 2.05) is 30.3 Å². The molecule has 0 spiro atoms. The van der Waals surface area contributed by atoms with E-state index in [9.17, 15) is 14.4 Å². The number of benzene rings is 2. The molecule has 1 atom stereocenters. The number of carbonyl (C=O) groups excluding carboxylic acids is 3. The van der Waals surface area contributed by atoms with E-state index in [-0.39, 0.29) is 31.2 Å². The van der Waals surface area contributed by atoms with Crippen LogP contribution < -0.4 is 20.1 Å². The number of imide groups is 1. The van der Waals surface area contributed by atoms with Gasteiger partial charge >= 0.3 is 6.03 Å². The molecule has 3 rings (SSSR count). The predicted molar refractivity (Wildman–Crippen MR) is 107 cm³/mol. The van der Waals surface area contributed by atoms with Crippen LogP contribution in [0.1, 0.15) is 18.4 Å². The number of amides is 4. The van der Waals surface area contributed by atoms with Gasteiger partial charge in [-0.1, -0.05) is 30.3 Å². The molecule has 1 aliphatic heterocycles. The zero-order chi connectivity index (χ0) is 20.8. The minimum Gasteiger partial charge on any atom is -0.497 e. The molecule has 2 N–H and O–H groups in total. The third-order valence-electron chi connectivity index (χ3n) is 4.63. The average molecular weight is 397 g/mol. The zero-order valence-corrected chi connectivity index (χ0v) is 16.3. The molecule has 152 valence electrons. The van der Waals surface area contributed by atoms with Gasteiger partial charge in [0.1, 0.15) is 17.5 Å². The number of anilines is 1. The molecule has 1 heterocycles. The Hall–Kier alpha value is -3.55. The second kappa shape index (κ2) is 9.09. The molecule has 2 aromatic rings. The number of hydrogen-bond acceptors (Lipinski definition) is 5. The molecule has 0 aliphatic carbocycles. The van der Waals surface area contributed by atoms with E-state index in [2.05, 4.69) is 10.6 Å². The van der Waals surface area contributed by atoms with Gasteiger partial charge in [-0.15, -0.1) is 0 Å². The number of nitrogens with one attached hydrogen (secondary N) is 2. The lowest BCUT2D eigenvalue weighted by molar-refractivity contribution is -0.128. The monoisotopic (exact) mass is 397 g/mol. The van der Waals surface area contributed by atoms with E-state index in [1.54, 1.807) is 25.3 Å². The van der Waals surface area contributed by atoms with E-state index < -0.39 is 12.1 Å². The summed E-state index contributed by atoms with van der Waals surface area (Å²) in [5.74, 6) is 0.473. The van der Waals surface area contributed by atoms with E-state index in [0.29, 0.717) is 17.2 Å². The standard InChI is InChI=1S/C21H23N3O5/c1-28-15-8-9-16(18(12-15)29-2)22-19(25)11-10-17-20(26)24(21(27)23-17)13-14-6-4-3-5-7-14/h3-9,12,17H,10-11,13H2,1-2H3,(H,22,25)(H,23,27). The summed E-state index contributed by atoms with van der Waals surface area (Å²) in [6.07, 6.45) is 0.283. The van der Waals surface area contributed by atoms with Gasteiger partial charge in [0, 0.05) is 12.5 Å². The van der Waals surface area contributed by atoms with E-state index in [1.165, 1.54) is 12.0 Å². The van der Waals surface area contributed by atoms with Crippen molar-refractivity contribution in [1.82, 2.24) is 10.2 Å². The molecule has 0 bridgehead atoms. The quantitative estimate of drug-likeness (QED) is 0.667. The topological polar surface area (TPSA) is 97.0 Å². The van der Waals surface area contributed by atoms with Crippen LogP contribution in [0.15, 0.2) is 48.5 Å². The summed E-state index contributed by atoms with van der Waals surface area (Å²) in [6.45, 7) is 0.206. The van der Waals surface area contributed by atoms with Crippen molar-refractivity contribution in [2.45, 2.75) is 25.4 Å². The Kier molecular flexibility index (Phi) is 6.33. The van der Waals surface area contributed by atoms with Crippen molar-refractivity contribution in [2.75, 3.05) is 19.5 Å². The SMILES string of the molecule is COc1ccc(NC(=O)CCC2NC(=O)N(Cc3ccccc3)C2=O)c(OC)c1. The van der Waals surface area contributed by atoms with Gasteiger partial charge in [0.05, 0.1) is 26.5 Å². The number of rotatable bonds is 8. The van der Waals surface area contributed by atoms with Crippen LogP contribution in [0, 0.1) is 0 Å². The first-order chi connectivity index (χ1) is 14.0. The van der Waals surface area contributed by atoms with Crippen molar-refractivity contribution in [3.8, 4) is 11.5 Å². The van der Waals surface area contributed by atoms with Gasteiger partial charge in [-0.05, 0) is 24.1 Å². The van der Waals surface area contributed by atoms with E-state index >= 15 is 0 Å². The lowest BCUT2D eigenvalue weighted by Crippen LogP contribution is -2.31. The highest BCUT2D eigenvalue weighted by atomic mass is 16.5. The lowest BCUT2D eigenvalue weighted by atomic mass is 10.1. The number of ether oxygens (including phenoxy) is 2. The summed E-state index contributed by atoms with van der Waals surface area (Å²) in [7, 11) is 3.04. The first-order valence-corrected chi connectivity index (χ1v) is 9.19. The van der Waals surface area contributed by atoms with Crippen LogP contribution in [-0.4, -0.2) is 43.0 Å². The molecule has 1 saturated heterocycles. The largest absolute Gasteiger partial charge is 0.497 e. The van der Waals surface area contributed by atoms with Gasteiger partial charge in [0.2, 0.25) is 5.91 Å². The first-order valence-electron chi connectivity index (χ1n) is 9.19.